The smallest absolute Gasteiger partial charge is 0.126 e. The number of hydrogen-bond acceptors (Lipinski definition) is 4. The second-order valence-corrected chi connectivity index (χ2v) is 5.09. The van der Waals surface area contributed by atoms with Crippen LogP contribution >= 0.6 is 0 Å². The Labute approximate surface area is 113 Å². The SMILES string of the molecule is CC(NCC1CN(C)CCO1)c1ccc(F)cc1O. The first-order valence-electron chi connectivity index (χ1n) is 6.58. The van der Waals surface area contributed by atoms with Crippen molar-refractivity contribution < 1.29 is 14.2 Å². The highest BCUT2D eigenvalue weighted by Gasteiger charge is 2.19. The maximum atomic E-state index is 12.9. The number of nitrogens with one attached hydrogen (secondary N) is 1. The van der Waals surface area contributed by atoms with Gasteiger partial charge in [-0.15, -0.1) is 0 Å². The Hall–Kier alpha value is -1.17. The summed E-state index contributed by atoms with van der Waals surface area (Å²) in [5.74, 6) is -0.438. The molecule has 2 rings (SSSR count). The average Bonchev–Trinajstić information content (AvgIpc) is 2.36. The minimum absolute atomic E-state index is 0.0123. The third kappa shape index (κ3) is 3.89. The standard InChI is InChI=1S/C14H21FN2O2/c1-10(13-4-3-11(15)7-14(13)18)16-8-12-9-17(2)5-6-19-12/h3-4,7,10,12,16,18H,5-6,8-9H2,1-2H3. The number of morpholine rings is 1. The number of halogens is 1. The van der Waals surface area contributed by atoms with E-state index in [-0.39, 0.29) is 17.9 Å². The van der Waals surface area contributed by atoms with Crippen LogP contribution in [0.1, 0.15) is 18.5 Å². The van der Waals surface area contributed by atoms with Crippen LogP contribution in [0.4, 0.5) is 4.39 Å². The topological polar surface area (TPSA) is 44.7 Å². The highest BCUT2D eigenvalue weighted by Crippen LogP contribution is 2.24. The molecule has 4 nitrogen and oxygen atoms in total. The van der Waals surface area contributed by atoms with Gasteiger partial charge in [-0.3, -0.25) is 0 Å². The molecular formula is C14H21FN2O2. The van der Waals surface area contributed by atoms with E-state index in [9.17, 15) is 9.50 Å². The molecule has 0 spiro atoms. The number of ether oxygens (including phenoxy) is 1. The molecule has 1 saturated heterocycles. The highest BCUT2D eigenvalue weighted by molar-refractivity contribution is 5.34. The molecule has 0 aliphatic carbocycles. The van der Waals surface area contributed by atoms with Crippen molar-refractivity contribution in [3.63, 3.8) is 0 Å². The zero-order chi connectivity index (χ0) is 13.8. The van der Waals surface area contributed by atoms with E-state index in [1.165, 1.54) is 6.07 Å². The van der Waals surface area contributed by atoms with Gasteiger partial charge in [0.25, 0.3) is 0 Å². The minimum Gasteiger partial charge on any atom is -0.508 e. The summed E-state index contributed by atoms with van der Waals surface area (Å²) in [6.07, 6.45) is 0.156. The summed E-state index contributed by atoms with van der Waals surface area (Å²) in [7, 11) is 2.07. The number of phenols is 1. The van der Waals surface area contributed by atoms with E-state index in [4.69, 9.17) is 4.74 Å². The molecule has 1 aromatic carbocycles. The summed E-state index contributed by atoms with van der Waals surface area (Å²) in [5.41, 5.74) is 0.700. The number of rotatable bonds is 4. The van der Waals surface area contributed by atoms with Crippen molar-refractivity contribution in [1.82, 2.24) is 10.2 Å². The van der Waals surface area contributed by atoms with E-state index < -0.39 is 5.82 Å². The van der Waals surface area contributed by atoms with Crippen molar-refractivity contribution in [2.75, 3.05) is 33.3 Å². The van der Waals surface area contributed by atoms with Crippen LogP contribution in [0.5, 0.6) is 5.75 Å². The van der Waals surface area contributed by atoms with Crippen molar-refractivity contribution >= 4 is 0 Å². The van der Waals surface area contributed by atoms with Crippen molar-refractivity contribution in [2.45, 2.75) is 19.1 Å². The van der Waals surface area contributed by atoms with Gasteiger partial charge in [0, 0.05) is 37.3 Å². The molecule has 1 aliphatic heterocycles. The quantitative estimate of drug-likeness (QED) is 0.869. The first kappa shape index (κ1) is 14.2. The number of aromatic hydroxyl groups is 1. The molecule has 1 heterocycles. The number of nitrogens with zero attached hydrogens (tertiary/aromatic N) is 1. The summed E-state index contributed by atoms with van der Waals surface area (Å²) >= 11 is 0. The lowest BCUT2D eigenvalue weighted by Crippen LogP contribution is -2.45. The lowest BCUT2D eigenvalue weighted by Gasteiger charge is -2.31. The summed E-state index contributed by atoms with van der Waals surface area (Å²) in [5, 5.41) is 13.0. The zero-order valence-corrected chi connectivity index (χ0v) is 11.4. The highest BCUT2D eigenvalue weighted by atomic mass is 19.1. The molecule has 2 unspecified atom stereocenters. The molecule has 0 saturated carbocycles. The van der Waals surface area contributed by atoms with Crippen LogP contribution in [0.15, 0.2) is 18.2 Å². The van der Waals surface area contributed by atoms with E-state index in [1.807, 2.05) is 6.92 Å². The van der Waals surface area contributed by atoms with E-state index in [0.717, 1.165) is 25.8 Å². The number of hydrogen-bond donors (Lipinski definition) is 2. The van der Waals surface area contributed by atoms with Gasteiger partial charge in [-0.1, -0.05) is 6.07 Å². The lowest BCUT2D eigenvalue weighted by atomic mass is 10.1. The molecule has 0 bridgehead atoms. The van der Waals surface area contributed by atoms with Gasteiger partial charge in [0.05, 0.1) is 12.7 Å². The Kier molecular flexibility index (Phi) is 4.74. The summed E-state index contributed by atoms with van der Waals surface area (Å²) in [6, 6.07) is 4.06. The van der Waals surface area contributed by atoms with E-state index in [2.05, 4.69) is 17.3 Å². The first-order chi connectivity index (χ1) is 9.06. The third-order valence-electron chi connectivity index (χ3n) is 3.45. The van der Waals surface area contributed by atoms with Crippen molar-refractivity contribution in [2.24, 2.45) is 0 Å². The average molecular weight is 268 g/mol. The molecule has 2 atom stereocenters. The summed E-state index contributed by atoms with van der Waals surface area (Å²) in [4.78, 5) is 2.23. The molecule has 5 heteroatoms. The molecule has 0 amide bonds. The maximum absolute atomic E-state index is 12.9. The number of likely N-dealkylation sites (N-methyl/N-ethyl adjacent to an activating group) is 1. The van der Waals surface area contributed by atoms with Gasteiger partial charge >= 0.3 is 0 Å². The second kappa shape index (κ2) is 6.32. The van der Waals surface area contributed by atoms with E-state index >= 15 is 0 Å². The van der Waals surface area contributed by atoms with Crippen molar-refractivity contribution in [3.05, 3.63) is 29.6 Å². The third-order valence-corrected chi connectivity index (χ3v) is 3.45. The largest absolute Gasteiger partial charge is 0.508 e. The Morgan fingerprint density at radius 3 is 3.05 bits per heavy atom. The fraction of sp³-hybridized carbons (Fsp3) is 0.571. The number of benzene rings is 1. The molecule has 1 aromatic rings. The van der Waals surface area contributed by atoms with Gasteiger partial charge in [0.2, 0.25) is 0 Å². The van der Waals surface area contributed by atoms with Gasteiger partial charge < -0.3 is 20.1 Å². The summed E-state index contributed by atoms with van der Waals surface area (Å²) < 4.78 is 18.6. The molecular weight excluding hydrogens is 247 g/mol. The maximum Gasteiger partial charge on any atom is 0.126 e. The fourth-order valence-corrected chi connectivity index (χ4v) is 2.29. The van der Waals surface area contributed by atoms with Crippen molar-refractivity contribution in [3.8, 4) is 5.75 Å². The van der Waals surface area contributed by atoms with Crippen molar-refractivity contribution in [1.29, 1.82) is 0 Å². The van der Waals surface area contributed by atoms with Crippen LogP contribution in [0, 0.1) is 5.82 Å². The normalized spacial score (nSPS) is 22.4. The second-order valence-electron chi connectivity index (χ2n) is 5.09. The van der Waals surface area contributed by atoms with Crippen LogP contribution in [0.25, 0.3) is 0 Å². The van der Waals surface area contributed by atoms with Crippen LogP contribution in [0.2, 0.25) is 0 Å². The van der Waals surface area contributed by atoms with Crippen LogP contribution in [-0.2, 0) is 4.74 Å². The Morgan fingerprint density at radius 1 is 1.58 bits per heavy atom. The fourth-order valence-electron chi connectivity index (χ4n) is 2.29. The predicted molar refractivity (Wildman–Crippen MR) is 71.7 cm³/mol. The van der Waals surface area contributed by atoms with Crippen LogP contribution < -0.4 is 5.32 Å². The van der Waals surface area contributed by atoms with E-state index in [0.29, 0.717) is 12.1 Å². The molecule has 19 heavy (non-hydrogen) atoms. The molecule has 1 aliphatic rings. The molecule has 0 aromatic heterocycles. The van der Waals surface area contributed by atoms with Gasteiger partial charge in [-0.2, -0.15) is 0 Å². The Balaban J connectivity index is 1.88. The van der Waals surface area contributed by atoms with Gasteiger partial charge in [0.1, 0.15) is 11.6 Å². The molecule has 1 fully saturated rings. The Morgan fingerprint density at radius 2 is 2.37 bits per heavy atom. The van der Waals surface area contributed by atoms with Crippen LogP contribution in [0.3, 0.4) is 0 Å². The molecule has 106 valence electrons. The zero-order valence-electron chi connectivity index (χ0n) is 11.4. The molecule has 0 radical (unpaired) electrons. The van der Waals surface area contributed by atoms with Gasteiger partial charge in [-0.05, 0) is 20.0 Å². The Bertz CT molecular complexity index is 428. The minimum atomic E-state index is -0.425. The summed E-state index contributed by atoms with van der Waals surface area (Å²) in [6.45, 7) is 5.26. The molecule has 2 N–H and O–H groups in total. The van der Waals surface area contributed by atoms with E-state index in [1.54, 1.807) is 6.07 Å². The number of phenolic OH excluding ortho intramolecular Hbond substituents is 1. The monoisotopic (exact) mass is 268 g/mol. The predicted octanol–water partition coefficient (Wildman–Crippen LogP) is 1.51. The first-order valence-corrected chi connectivity index (χ1v) is 6.58. The van der Waals surface area contributed by atoms with Gasteiger partial charge in [0.15, 0.2) is 0 Å². The van der Waals surface area contributed by atoms with Gasteiger partial charge in [-0.25, -0.2) is 4.39 Å². The lowest BCUT2D eigenvalue weighted by molar-refractivity contribution is -0.0191. The van der Waals surface area contributed by atoms with Crippen LogP contribution in [-0.4, -0.2) is 49.4 Å².